The Labute approximate surface area is 101 Å². The van der Waals surface area contributed by atoms with Crippen LogP contribution in [0.4, 0.5) is 16.2 Å². The van der Waals surface area contributed by atoms with E-state index in [1.807, 2.05) is 4.90 Å². The van der Waals surface area contributed by atoms with Crippen molar-refractivity contribution in [1.82, 2.24) is 9.97 Å². The van der Waals surface area contributed by atoms with Crippen molar-refractivity contribution in [3.05, 3.63) is 12.0 Å². The van der Waals surface area contributed by atoms with Crippen molar-refractivity contribution in [1.29, 1.82) is 0 Å². The van der Waals surface area contributed by atoms with E-state index in [1.54, 1.807) is 7.05 Å². The molecule has 2 heterocycles. The summed E-state index contributed by atoms with van der Waals surface area (Å²) in [5, 5.41) is 2.84. The largest absolute Gasteiger partial charge is 0.357 e. The van der Waals surface area contributed by atoms with Gasteiger partial charge in [0.05, 0.1) is 6.20 Å². The summed E-state index contributed by atoms with van der Waals surface area (Å²) < 4.78 is 13.7. The first-order valence-corrected chi connectivity index (χ1v) is 6.16. The third kappa shape index (κ3) is 2.84. The average molecular weight is 238 g/mol. The second-order valence-electron chi connectivity index (χ2n) is 4.64. The molecule has 0 amide bonds. The van der Waals surface area contributed by atoms with Gasteiger partial charge in [-0.1, -0.05) is 6.92 Å². The van der Waals surface area contributed by atoms with Crippen LogP contribution in [-0.4, -0.2) is 30.1 Å². The first kappa shape index (κ1) is 12.1. The number of rotatable bonds is 2. The Balaban J connectivity index is 2.20. The minimum Gasteiger partial charge on any atom is -0.357 e. The molecule has 0 saturated carbocycles. The lowest BCUT2D eigenvalue weighted by molar-refractivity contribution is 0.520. The molecule has 0 spiro atoms. The summed E-state index contributed by atoms with van der Waals surface area (Å²) >= 11 is 0. The maximum absolute atomic E-state index is 13.7. The third-order valence-electron chi connectivity index (χ3n) is 3.27. The average Bonchev–Trinajstić information content (AvgIpc) is 2.55. The number of halogens is 1. The Morgan fingerprint density at radius 1 is 1.41 bits per heavy atom. The van der Waals surface area contributed by atoms with Gasteiger partial charge in [0.15, 0.2) is 11.6 Å². The summed E-state index contributed by atoms with van der Waals surface area (Å²) in [6, 6.07) is 0. The quantitative estimate of drug-likeness (QED) is 0.858. The van der Waals surface area contributed by atoms with E-state index in [-0.39, 0.29) is 5.82 Å². The van der Waals surface area contributed by atoms with E-state index >= 15 is 0 Å². The van der Waals surface area contributed by atoms with Crippen molar-refractivity contribution in [3.63, 3.8) is 0 Å². The lowest BCUT2D eigenvalue weighted by Gasteiger charge is -2.22. The Kier molecular flexibility index (Phi) is 3.76. The molecule has 4 nitrogen and oxygen atoms in total. The Morgan fingerprint density at radius 2 is 2.24 bits per heavy atom. The molecule has 17 heavy (non-hydrogen) atoms. The van der Waals surface area contributed by atoms with Crippen molar-refractivity contribution in [2.75, 3.05) is 30.4 Å². The fraction of sp³-hybridized carbons (Fsp3) is 0.667. The van der Waals surface area contributed by atoms with E-state index < -0.39 is 0 Å². The van der Waals surface area contributed by atoms with Crippen LogP contribution in [-0.2, 0) is 0 Å². The molecule has 1 saturated heterocycles. The zero-order valence-electron chi connectivity index (χ0n) is 10.4. The van der Waals surface area contributed by atoms with Crippen LogP contribution in [0.15, 0.2) is 6.20 Å². The summed E-state index contributed by atoms with van der Waals surface area (Å²) in [6.07, 6.45) is 4.64. The molecule has 0 radical (unpaired) electrons. The summed E-state index contributed by atoms with van der Waals surface area (Å²) in [7, 11) is 1.74. The van der Waals surface area contributed by atoms with Crippen molar-refractivity contribution in [2.45, 2.75) is 26.2 Å². The standard InChI is InChI=1S/C12H19FN4/c1-9-4-3-6-17(7-5-9)11-10(13)8-15-12(14-2)16-11/h8-9H,3-7H2,1-2H3,(H,14,15,16). The van der Waals surface area contributed by atoms with Gasteiger partial charge in [-0.25, -0.2) is 9.37 Å². The van der Waals surface area contributed by atoms with Crippen LogP contribution in [0, 0.1) is 11.7 Å². The molecular formula is C12H19FN4. The normalized spacial score (nSPS) is 21.1. The molecule has 1 fully saturated rings. The molecule has 1 N–H and O–H groups in total. The number of anilines is 2. The molecule has 0 aliphatic carbocycles. The zero-order chi connectivity index (χ0) is 12.3. The van der Waals surface area contributed by atoms with Gasteiger partial charge in [0.1, 0.15) is 0 Å². The minimum atomic E-state index is -0.335. The van der Waals surface area contributed by atoms with Gasteiger partial charge in [-0.2, -0.15) is 4.98 Å². The highest BCUT2D eigenvalue weighted by Gasteiger charge is 2.18. The van der Waals surface area contributed by atoms with Gasteiger partial charge in [0.2, 0.25) is 5.95 Å². The fourth-order valence-electron chi connectivity index (χ4n) is 2.18. The highest BCUT2D eigenvalue weighted by molar-refractivity contribution is 5.43. The number of hydrogen-bond acceptors (Lipinski definition) is 4. The molecule has 5 heteroatoms. The highest BCUT2D eigenvalue weighted by atomic mass is 19.1. The highest BCUT2D eigenvalue weighted by Crippen LogP contribution is 2.23. The van der Waals surface area contributed by atoms with E-state index in [2.05, 4.69) is 22.2 Å². The monoisotopic (exact) mass is 238 g/mol. The molecule has 1 aromatic heterocycles. The molecule has 0 bridgehead atoms. The summed E-state index contributed by atoms with van der Waals surface area (Å²) in [4.78, 5) is 10.1. The van der Waals surface area contributed by atoms with Gasteiger partial charge in [-0.3, -0.25) is 0 Å². The molecule has 1 atom stereocenters. The van der Waals surface area contributed by atoms with Crippen LogP contribution in [0.25, 0.3) is 0 Å². The Bertz CT molecular complexity index is 383. The van der Waals surface area contributed by atoms with E-state index in [0.29, 0.717) is 17.7 Å². The smallest absolute Gasteiger partial charge is 0.224 e. The number of nitrogens with zero attached hydrogens (tertiary/aromatic N) is 3. The predicted molar refractivity (Wildman–Crippen MR) is 66.8 cm³/mol. The van der Waals surface area contributed by atoms with Gasteiger partial charge >= 0.3 is 0 Å². The maximum Gasteiger partial charge on any atom is 0.224 e. The molecule has 2 rings (SSSR count). The zero-order valence-corrected chi connectivity index (χ0v) is 10.4. The van der Waals surface area contributed by atoms with Crippen molar-refractivity contribution >= 4 is 11.8 Å². The summed E-state index contributed by atoms with van der Waals surface area (Å²) in [6.45, 7) is 4.00. The van der Waals surface area contributed by atoms with Gasteiger partial charge in [-0.15, -0.1) is 0 Å². The van der Waals surface area contributed by atoms with Crippen LogP contribution >= 0.6 is 0 Å². The predicted octanol–water partition coefficient (Wildman–Crippen LogP) is 2.28. The van der Waals surface area contributed by atoms with Crippen molar-refractivity contribution in [2.24, 2.45) is 5.92 Å². The van der Waals surface area contributed by atoms with E-state index in [4.69, 9.17) is 0 Å². The van der Waals surface area contributed by atoms with Gasteiger partial charge in [0.25, 0.3) is 0 Å². The summed E-state index contributed by atoms with van der Waals surface area (Å²) in [5.41, 5.74) is 0. The third-order valence-corrected chi connectivity index (χ3v) is 3.27. The van der Waals surface area contributed by atoms with Crippen LogP contribution < -0.4 is 10.2 Å². The fourth-order valence-corrected chi connectivity index (χ4v) is 2.18. The molecular weight excluding hydrogens is 219 g/mol. The van der Waals surface area contributed by atoms with Crippen LogP contribution in [0.1, 0.15) is 26.2 Å². The summed E-state index contributed by atoms with van der Waals surface area (Å²) in [5.74, 6) is 1.28. The molecule has 1 unspecified atom stereocenters. The first-order valence-electron chi connectivity index (χ1n) is 6.16. The van der Waals surface area contributed by atoms with Crippen LogP contribution in [0.5, 0.6) is 0 Å². The van der Waals surface area contributed by atoms with E-state index in [9.17, 15) is 4.39 Å². The molecule has 1 aliphatic rings. The Hall–Kier alpha value is -1.39. The number of hydrogen-bond donors (Lipinski definition) is 1. The van der Waals surface area contributed by atoms with Gasteiger partial charge in [0, 0.05) is 20.1 Å². The SMILES string of the molecule is CNc1ncc(F)c(N2CCCC(C)CC2)n1. The Morgan fingerprint density at radius 3 is 3.00 bits per heavy atom. The first-order chi connectivity index (χ1) is 8.20. The van der Waals surface area contributed by atoms with Crippen LogP contribution in [0.2, 0.25) is 0 Å². The van der Waals surface area contributed by atoms with Crippen LogP contribution in [0.3, 0.4) is 0 Å². The molecule has 1 aliphatic heterocycles. The lowest BCUT2D eigenvalue weighted by atomic mass is 10.0. The lowest BCUT2D eigenvalue weighted by Crippen LogP contribution is -2.26. The number of aromatic nitrogens is 2. The number of nitrogens with one attached hydrogen (secondary N) is 1. The minimum absolute atomic E-state index is 0.335. The maximum atomic E-state index is 13.7. The van der Waals surface area contributed by atoms with Crippen molar-refractivity contribution in [3.8, 4) is 0 Å². The van der Waals surface area contributed by atoms with Crippen molar-refractivity contribution < 1.29 is 4.39 Å². The van der Waals surface area contributed by atoms with Gasteiger partial charge < -0.3 is 10.2 Å². The molecule has 94 valence electrons. The molecule has 1 aromatic rings. The molecule has 0 aromatic carbocycles. The van der Waals surface area contributed by atoms with E-state index in [1.165, 1.54) is 12.6 Å². The second-order valence-corrected chi connectivity index (χ2v) is 4.64. The van der Waals surface area contributed by atoms with E-state index in [0.717, 1.165) is 25.9 Å². The second kappa shape index (κ2) is 5.29. The topological polar surface area (TPSA) is 41.1 Å². The van der Waals surface area contributed by atoms with Gasteiger partial charge in [-0.05, 0) is 25.2 Å².